The molecule has 0 spiro atoms. The Kier molecular flexibility index (Phi) is 5.60. The summed E-state index contributed by atoms with van der Waals surface area (Å²) in [5.74, 6) is 2.28. The first kappa shape index (κ1) is 19.8. The van der Waals surface area contributed by atoms with Crippen molar-refractivity contribution in [2.45, 2.75) is 32.2 Å². The predicted octanol–water partition coefficient (Wildman–Crippen LogP) is 3.60. The second-order valence-electron chi connectivity index (χ2n) is 6.50. The molecule has 7 nitrogen and oxygen atoms in total. The summed E-state index contributed by atoms with van der Waals surface area (Å²) in [6, 6.07) is 10.1. The fourth-order valence-electron chi connectivity index (χ4n) is 2.65. The normalized spacial score (nSPS) is 11.3. The highest BCUT2D eigenvalue weighted by Gasteiger charge is 2.12. The van der Waals surface area contributed by atoms with Crippen LogP contribution in [-0.2, 0) is 16.4 Å². The molecule has 2 aromatic heterocycles. The number of hydrogen-bond donors (Lipinski definition) is 1. The number of aromatic nitrogens is 3. The molecule has 0 aliphatic carbocycles. The summed E-state index contributed by atoms with van der Waals surface area (Å²) in [7, 11) is -3.31. The van der Waals surface area contributed by atoms with Crippen LogP contribution in [0, 0.1) is 20.8 Å². The van der Waals surface area contributed by atoms with Crippen molar-refractivity contribution in [3.63, 3.8) is 0 Å². The summed E-state index contributed by atoms with van der Waals surface area (Å²) < 4.78 is 29.4. The molecule has 1 aromatic carbocycles. The van der Waals surface area contributed by atoms with Crippen molar-refractivity contribution in [1.29, 1.82) is 0 Å². The maximum atomic E-state index is 11.8. The van der Waals surface area contributed by atoms with Crippen LogP contribution in [0.1, 0.15) is 22.6 Å². The Morgan fingerprint density at radius 2 is 1.86 bits per heavy atom. The summed E-state index contributed by atoms with van der Waals surface area (Å²) >= 11 is 0. The number of benzene rings is 1. The largest absolute Gasteiger partial charge is 0.439 e. The second kappa shape index (κ2) is 7.93. The monoisotopic (exact) mass is 398 g/mol. The molecular weight excluding hydrogens is 376 g/mol. The van der Waals surface area contributed by atoms with E-state index in [1.54, 1.807) is 18.3 Å². The Morgan fingerprint density at radius 1 is 1.07 bits per heavy atom. The summed E-state index contributed by atoms with van der Waals surface area (Å²) in [4.78, 5) is 13.3. The summed E-state index contributed by atoms with van der Waals surface area (Å²) in [5.41, 5.74) is 2.73. The zero-order valence-electron chi connectivity index (χ0n) is 16.2. The smallest absolute Gasteiger partial charge is 0.224 e. The van der Waals surface area contributed by atoms with Crippen molar-refractivity contribution < 1.29 is 13.2 Å². The average molecular weight is 398 g/mol. The van der Waals surface area contributed by atoms with E-state index in [0.29, 0.717) is 24.0 Å². The van der Waals surface area contributed by atoms with E-state index in [9.17, 15) is 8.42 Å². The summed E-state index contributed by atoms with van der Waals surface area (Å²) in [6.07, 6.45) is 2.79. The fourth-order valence-corrected chi connectivity index (χ4v) is 3.31. The molecule has 0 saturated heterocycles. The first-order chi connectivity index (χ1) is 13.2. The minimum atomic E-state index is -3.31. The van der Waals surface area contributed by atoms with Gasteiger partial charge in [-0.05, 0) is 45.0 Å². The maximum Gasteiger partial charge on any atom is 0.224 e. The van der Waals surface area contributed by atoms with E-state index >= 15 is 0 Å². The van der Waals surface area contributed by atoms with Crippen LogP contribution in [0.3, 0.4) is 0 Å². The van der Waals surface area contributed by atoms with Crippen LogP contribution in [0.5, 0.6) is 11.6 Å². The lowest BCUT2D eigenvalue weighted by molar-refractivity contribution is 0.455. The van der Waals surface area contributed by atoms with Gasteiger partial charge in [-0.1, -0.05) is 12.1 Å². The zero-order valence-corrected chi connectivity index (χ0v) is 17.0. The van der Waals surface area contributed by atoms with Crippen LogP contribution < -0.4 is 10.1 Å². The molecule has 3 aromatic rings. The van der Waals surface area contributed by atoms with Crippen LogP contribution in [0.2, 0.25) is 0 Å². The number of rotatable bonds is 6. The predicted molar refractivity (Wildman–Crippen MR) is 107 cm³/mol. The molecule has 3 rings (SSSR count). The van der Waals surface area contributed by atoms with Gasteiger partial charge in [-0.3, -0.25) is 0 Å². The Bertz CT molecular complexity index is 1110. The van der Waals surface area contributed by atoms with Crippen LogP contribution in [0.25, 0.3) is 0 Å². The first-order valence-corrected chi connectivity index (χ1v) is 10.6. The van der Waals surface area contributed by atoms with Crippen molar-refractivity contribution in [1.82, 2.24) is 15.0 Å². The van der Waals surface area contributed by atoms with E-state index in [0.717, 1.165) is 28.9 Å². The molecule has 8 heteroatoms. The Hall–Kier alpha value is -3.00. The lowest BCUT2D eigenvalue weighted by Gasteiger charge is -2.13. The number of aryl methyl sites for hydroxylation is 2. The number of anilines is 1. The molecule has 0 saturated carbocycles. The second-order valence-corrected chi connectivity index (χ2v) is 8.52. The molecular formula is C20H22N4O3S. The van der Waals surface area contributed by atoms with Gasteiger partial charge in [-0.15, -0.1) is 0 Å². The lowest BCUT2D eigenvalue weighted by atomic mass is 10.2. The summed E-state index contributed by atoms with van der Waals surface area (Å²) in [6.45, 7) is 6.22. The number of nitrogens with zero attached hydrogens (tertiary/aromatic N) is 3. The number of ether oxygens (including phenoxy) is 1. The molecule has 0 aliphatic rings. The Morgan fingerprint density at radius 3 is 2.61 bits per heavy atom. The van der Waals surface area contributed by atoms with Crippen LogP contribution >= 0.6 is 0 Å². The van der Waals surface area contributed by atoms with Crippen molar-refractivity contribution in [3.05, 3.63) is 65.2 Å². The van der Waals surface area contributed by atoms with Gasteiger partial charge < -0.3 is 10.1 Å². The minimum absolute atomic E-state index is 0.197. The van der Waals surface area contributed by atoms with Gasteiger partial charge in [-0.25, -0.2) is 23.4 Å². The summed E-state index contributed by atoms with van der Waals surface area (Å²) in [5, 5.41) is 3.31. The molecule has 146 valence electrons. The average Bonchev–Trinajstić information content (AvgIpc) is 2.64. The van der Waals surface area contributed by atoms with Crippen molar-refractivity contribution in [3.8, 4) is 11.6 Å². The van der Waals surface area contributed by atoms with Gasteiger partial charge in [0.2, 0.25) is 5.88 Å². The topological polar surface area (TPSA) is 94.1 Å². The Balaban J connectivity index is 1.83. The highest BCUT2D eigenvalue weighted by atomic mass is 32.2. The first-order valence-electron chi connectivity index (χ1n) is 8.71. The molecule has 0 unspecified atom stereocenters. The van der Waals surface area contributed by atoms with E-state index in [-0.39, 0.29) is 4.90 Å². The van der Waals surface area contributed by atoms with Crippen molar-refractivity contribution in [2.24, 2.45) is 0 Å². The van der Waals surface area contributed by atoms with Crippen molar-refractivity contribution in [2.75, 3.05) is 11.6 Å². The van der Waals surface area contributed by atoms with Crippen LogP contribution in [0.15, 0.2) is 47.5 Å². The van der Waals surface area contributed by atoms with Gasteiger partial charge >= 0.3 is 0 Å². The zero-order chi connectivity index (χ0) is 20.3. The molecule has 0 amide bonds. The van der Waals surface area contributed by atoms with E-state index in [2.05, 4.69) is 20.3 Å². The van der Waals surface area contributed by atoms with Gasteiger partial charge in [0.1, 0.15) is 17.4 Å². The number of nitrogens with one attached hydrogen (secondary N) is 1. The highest BCUT2D eigenvalue weighted by molar-refractivity contribution is 7.90. The molecule has 28 heavy (non-hydrogen) atoms. The highest BCUT2D eigenvalue weighted by Crippen LogP contribution is 2.26. The SMILES string of the molecule is Cc1nc(C)c(C)c(NCc2cccnc2Oc2cccc(S(C)(=O)=O)c2)n1. The standard InChI is InChI=1S/C20H22N4O3S/c1-13-14(2)23-15(3)24-19(13)22-12-16-7-6-10-21-20(16)27-17-8-5-9-18(11-17)28(4,25)26/h5-11H,12H2,1-4H3,(H,22,23,24). The fraction of sp³-hybridized carbons (Fsp3) is 0.250. The number of sulfone groups is 1. The van der Waals surface area contributed by atoms with E-state index < -0.39 is 9.84 Å². The third kappa shape index (κ3) is 4.64. The Labute approximate surface area is 164 Å². The lowest BCUT2D eigenvalue weighted by Crippen LogP contribution is -2.08. The van der Waals surface area contributed by atoms with Crippen molar-refractivity contribution >= 4 is 15.7 Å². The number of pyridine rings is 1. The maximum absolute atomic E-state index is 11.8. The van der Waals surface area contributed by atoms with Crippen LogP contribution in [0.4, 0.5) is 5.82 Å². The quantitative estimate of drug-likeness (QED) is 0.678. The molecule has 2 heterocycles. The van der Waals surface area contributed by atoms with Gasteiger partial charge in [0.05, 0.1) is 4.90 Å². The molecule has 0 bridgehead atoms. The van der Waals surface area contributed by atoms with Gasteiger partial charge in [0, 0.05) is 35.8 Å². The third-order valence-corrected chi connectivity index (χ3v) is 5.36. The molecule has 1 N–H and O–H groups in total. The molecule has 0 fully saturated rings. The number of hydrogen-bond acceptors (Lipinski definition) is 7. The van der Waals surface area contributed by atoms with E-state index in [1.807, 2.05) is 32.9 Å². The minimum Gasteiger partial charge on any atom is -0.439 e. The van der Waals surface area contributed by atoms with Gasteiger partial charge in [0.15, 0.2) is 9.84 Å². The third-order valence-electron chi connectivity index (χ3n) is 4.25. The molecule has 0 radical (unpaired) electrons. The van der Waals surface area contributed by atoms with Gasteiger partial charge in [0.25, 0.3) is 0 Å². The molecule has 0 aliphatic heterocycles. The van der Waals surface area contributed by atoms with E-state index in [1.165, 1.54) is 12.1 Å². The molecule has 0 atom stereocenters. The van der Waals surface area contributed by atoms with E-state index in [4.69, 9.17) is 4.74 Å². The van der Waals surface area contributed by atoms with Gasteiger partial charge in [-0.2, -0.15) is 0 Å². The van der Waals surface area contributed by atoms with Crippen LogP contribution in [-0.4, -0.2) is 29.6 Å².